The van der Waals surface area contributed by atoms with Gasteiger partial charge in [-0.15, -0.1) is 12.4 Å². The number of carbonyl (C=O) groups excluding carboxylic acids is 1. The van der Waals surface area contributed by atoms with Gasteiger partial charge in [-0.3, -0.25) is 4.79 Å². The van der Waals surface area contributed by atoms with Gasteiger partial charge in [-0.1, -0.05) is 48.0 Å². The summed E-state index contributed by atoms with van der Waals surface area (Å²) < 4.78 is 27.9. The Hall–Kier alpha value is -3.10. The lowest BCUT2D eigenvalue weighted by atomic mass is 10.0. The van der Waals surface area contributed by atoms with Crippen LogP contribution in [0.1, 0.15) is 10.4 Å². The number of fused-ring (bicyclic) bond motifs is 1. The van der Waals surface area contributed by atoms with Crippen molar-refractivity contribution in [2.45, 2.75) is 4.90 Å². The quantitative estimate of drug-likeness (QED) is 0.355. The zero-order chi connectivity index (χ0) is 24.6. The Morgan fingerprint density at radius 2 is 1.31 bits per heavy atom. The van der Waals surface area contributed by atoms with Crippen molar-refractivity contribution in [1.29, 1.82) is 0 Å². The summed E-state index contributed by atoms with van der Waals surface area (Å²) in [7, 11) is -3.66. The third-order valence-electron chi connectivity index (χ3n) is 6.31. The van der Waals surface area contributed by atoms with Gasteiger partial charge in [-0.25, -0.2) is 8.42 Å². The van der Waals surface area contributed by atoms with Crippen molar-refractivity contribution in [2.24, 2.45) is 0 Å². The molecule has 0 atom stereocenters. The number of rotatable bonds is 4. The molecule has 36 heavy (non-hydrogen) atoms. The summed E-state index contributed by atoms with van der Waals surface area (Å²) in [6, 6.07) is 25.4. The maximum Gasteiger partial charge on any atom is 0.253 e. The number of sulfonamides is 1. The van der Waals surface area contributed by atoms with Gasteiger partial charge in [0.05, 0.1) is 4.90 Å². The summed E-state index contributed by atoms with van der Waals surface area (Å²) in [6.07, 6.45) is 0. The van der Waals surface area contributed by atoms with Crippen LogP contribution in [0.4, 0.5) is 5.69 Å². The molecule has 186 valence electrons. The van der Waals surface area contributed by atoms with Crippen LogP contribution < -0.4 is 5.73 Å². The molecule has 1 heterocycles. The molecule has 1 aliphatic heterocycles. The standard InChI is InChI=1S/C27H24ClN3O3S.ClH/c28-24-9-5-23-18-26(12-8-22(23)17-24)35(33,34)31-15-13-30(14-16-31)27(32)21-3-1-19(2-4-21)20-6-10-25(29)11-7-20;/h1-12,17-18H,13-16,29H2;1H. The van der Waals surface area contributed by atoms with Crippen molar-refractivity contribution >= 4 is 56.4 Å². The molecule has 0 bridgehead atoms. The lowest BCUT2D eigenvalue weighted by Gasteiger charge is -2.34. The summed E-state index contributed by atoms with van der Waals surface area (Å²) in [5.41, 5.74) is 9.05. The molecule has 0 unspecified atom stereocenters. The highest BCUT2D eigenvalue weighted by atomic mass is 35.5. The molecule has 6 nitrogen and oxygen atoms in total. The second-order valence-corrected chi connectivity index (χ2v) is 10.9. The molecule has 4 aromatic carbocycles. The molecule has 2 N–H and O–H groups in total. The predicted octanol–water partition coefficient (Wildman–Crippen LogP) is 5.31. The number of hydrogen-bond donors (Lipinski definition) is 1. The number of benzene rings is 4. The van der Waals surface area contributed by atoms with Gasteiger partial charge in [0.2, 0.25) is 10.0 Å². The zero-order valence-corrected chi connectivity index (χ0v) is 21.7. The number of nitrogens with two attached hydrogens (primary N) is 1. The highest BCUT2D eigenvalue weighted by molar-refractivity contribution is 7.89. The van der Waals surface area contributed by atoms with E-state index >= 15 is 0 Å². The van der Waals surface area contributed by atoms with E-state index in [1.165, 1.54) is 4.31 Å². The van der Waals surface area contributed by atoms with Crippen molar-refractivity contribution in [3.8, 4) is 11.1 Å². The molecule has 1 amide bonds. The van der Waals surface area contributed by atoms with Crippen LogP contribution in [-0.2, 0) is 10.0 Å². The third-order valence-corrected chi connectivity index (χ3v) is 8.44. The molecule has 0 aromatic heterocycles. The van der Waals surface area contributed by atoms with Gasteiger partial charge >= 0.3 is 0 Å². The molecule has 0 radical (unpaired) electrons. The Morgan fingerprint density at radius 3 is 1.94 bits per heavy atom. The summed E-state index contributed by atoms with van der Waals surface area (Å²) >= 11 is 6.03. The fourth-order valence-corrected chi connectivity index (χ4v) is 5.94. The van der Waals surface area contributed by atoms with Crippen LogP contribution in [0.3, 0.4) is 0 Å². The van der Waals surface area contributed by atoms with Crippen LogP contribution >= 0.6 is 24.0 Å². The summed E-state index contributed by atoms with van der Waals surface area (Å²) in [4.78, 5) is 15.0. The number of anilines is 1. The van der Waals surface area contributed by atoms with E-state index in [0.29, 0.717) is 29.4 Å². The van der Waals surface area contributed by atoms with Crippen LogP contribution in [0, 0.1) is 0 Å². The van der Waals surface area contributed by atoms with E-state index in [1.54, 1.807) is 47.4 Å². The minimum Gasteiger partial charge on any atom is -0.399 e. The highest BCUT2D eigenvalue weighted by Gasteiger charge is 2.30. The maximum absolute atomic E-state index is 13.2. The average Bonchev–Trinajstić information content (AvgIpc) is 2.88. The maximum atomic E-state index is 13.2. The third kappa shape index (κ3) is 5.20. The predicted molar refractivity (Wildman–Crippen MR) is 147 cm³/mol. The molecule has 5 rings (SSSR count). The second-order valence-electron chi connectivity index (χ2n) is 8.55. The molecule has 1 saturated heterocycles. The smallest absolute Gasteiger partial charge is 0.253 e. The van der Waals surface area contributed by atoms with E-state index in [-0.39, 0.29) is 36.3 Å². The minimum atomic E-state index is -3.66. The van der Waals surface area contributed by atoms with E-state index < -0.39 is 10.0 Å². The SMILES string of the molecule is Cl.Nc1ccc(-c2ccc(C(=O)N3CCN(S(=O)(=O)c4ccc5cc(Cl)ccc5c4)CC3)cc2)cc1. The van der Waals surface area contributed by atoms with Crippen molar-refractivity contribution < 1.29 is 13.2 Å². The largest absolute Gasteiger partial charge is 0.399 e. The molecule has 4 aromatic rings. The van der Waals surface area contributed by atoms with Crippen LogP contribution in [0.5, 0.6) is 0 Å². The first-order valence-corrected chi connectivity index (χ1v) is 13.1. The van der Waals surface area contributed by atoms with Crippen LogP contribution in [0.25, 0.3) is 21.9 Å². The summed E-state index contributed by atoms with van der Waals surface area (Å²) in [5.74, 6) is -0.103. The van der Waals surface area contributed by atoms with E-state index in [2.05, 4.69) is 0 Å². The number of hydrogen-bond acceptors (Lipinski definition) is 4. The van der Waals surface area contributed by atoms with Crippen LogP contribution in [0.2, 0.25) is 5.02 Å². The molecule has 0 spiro atoms. The number of halogens is 2. The fraction of sp³-hybridized carbons (Fsp3) is 0.148. The van der Waals surface area contributed by atoms with Gasteiger partial charge in [0.25, 0.3) is 5.91 Å². The van der Waals surface area contributed by atoms with E-state index in [0.717, 1.165) is 21.9 Å². The van der Waals surface area contributed by atoms with Crippen molar-refractivity contribution in [3.63, 3.8) is 0 Å². The normalized spacial score (nSPS) is 14.4. The molecule has 0 saturated carbocycles. The monoisotopic (exact) mass is 541 g/mol. The van der Waals surface area contributed by atoms with Gasteiger partial charge in [-0.2, -0.15) is 4.31 Å². The van der Waals surface area contributed by atoms with Crippen molar-refractivity contribution in [1.82, 2.24) is 9.21 Å². The van der Waals surface area contributed by atoms with Gasteiger partial charge in [0.1, 0.15) is 0 Å². The topological polar surface area (TPSA) is 83.7 Å². The molecule has 9 heteroatoms. The number of carbonyl (C=O) groups is 1. The molecular weight excluding hydrogens is 517 g/mol. The van der Waals surface area contributed by atoms with Crippen molar-refractivity contribution in [3.05, 3.63) is 95.5 Å². The Morgan fingerprint density at radius 1 is 0.750 bits per heavy atom. The summed E-state index contributed by atoms with van der Waals surface area (Å²) in [6.45, 7) is 1.16. The van der Waals surface area contributed by atoms with Crippen LogP contribution in [0.15, 0.2) is 89.8 Å². The minimum absolute atomic E-state index is 0. The second kappa shape index (κ2) is 10.5. The Kier molecular flexibility index (Phi) is 7.57. The number of piperazine rings is 1. The first-order valence-electron chi connectivity index (χ1n) is 11.3. The average molecular weight is 542 g/mol. The Labute approximate surface area is 221 Å². The van der Waals surface area contributed by atoms with Gasteiger partial charge < -0.3 is 10.6 Å². The van der Waals surface area contributed by atoms with E-state index in [9.17, 15) is 13.2 Å². The van der Waals surface area contributed by atoms with Crippen molar-refractivity contribution in [2.75, 3.05) is 31.9 Å². The van der Waals surface area contributed by atoms with E-state index in [1.807, 2.05) is 42.5 Å². The molecular formula is C27H25Cl2N3O3S. The highest BCUT2D eigenvalue weighted by Crippen LogP contribution is 2.26. The first kappa shape index (κ1) is 26.0. The first-order chi connectivity index (χ1) is 16.8. The van der Waals surface area contributed by atoms with Crippen LogP contribution in [-0.4, -0.2) is 49.7 Å². The lowest BCUT2D eigenvalue weighted by Crippen LogP contribution is -2.50. The fourth-order valence-electron chi connectivity index (χ4n) is 4.30. The number of amides is 1. The molecule has 0 aliphatic carbocycles. The van der Waals surface area contributed by atoms with E-state index in [4.69, 9.17) is 17.3 Å². The Bertz CT molecular complexity index is 1500. The molecule has 1 fully saturated rings. The Balaban J connectivity index is 0.00000304. The van der Waals surface area contributed by atoms with Gasteiger partial charge in [0, 0.05) is 42.5 Å². The zero-order valence-electron chi connectivity index (χ0n) is 19.3. The lowest BCUT2D eigenvalue weighted by molar-refractivity contribution is 0.0698. The van der Waals surface area contributed by atoms with Gasteiger partial charge in [0.15, 0.2) is 0 Å². The number of nitrogen functional groups attached to an aromatic ring is 1. The molecule has 1 aliphatic rings. The van der Waals surface area contributed by atoms with Gasteiger partial charge in [-0.05, 0) is 70.4 Å². The summed E-state index contributed by atoms with van der Waals surface area (Å²) in [5, 5.41) is 2.30. The number of nitrogens with zero attached hydrogens (tertiary/aromatic N) is 2.